The number of hydrogen-bond donors (Lipinski definition) is 2. The first kappa shape index (κ1) is 14.8. The molecule has 0 unspecified atom stereocenters. The molecular formula is C16H21N3O3. The zero-order valence-corrected chi connectivity index (χ0v) is 13.0. The van der Waals surface area contributed by atoms with E-state index in [9.17, 15) is 9.90 Å². The fourth-order valence-electron chi connectivity index (χ4n) is 2.73. The lowest BCUT2D eigenvalue weighted by Gasteiger charge is -2.27. The molecule has 2 aromatic rings. The van der Waals surface area contributed by atoms with E-state index in [0.29, 0.717) is 12.2 Å². The largest absolute Gasteiger partial charge is 0.444 e. The van der Waals surface area contributed by atoms with Crippen LogP contribution in [0.4, 0.5) is 4.79 Å². The number of carbonyl (C=O) groups is 1. The van der Waals surface area contributed by atoms with Crippen molar-refractivity contribution >= 4 is 17.1 Å². The monoisotopic (exact) mass is 303 g/mol. The van der Waals surface area contributed by atoms with Gasteiger partial charge in [0.05, 0.1) is 29.7 Å². The highest BCUT2D eigenvalue weighted by Crippen LogP contribution is 2.32. The molecule has 1 aliphatic rings. The lowest BCUT2D eigenvalue weighted by atomic mass is 10.2. The number of fused-ring (bicyclic) bond motifs is 1. The third-order valence-corrected chi connectivity index (χ3v) is 3.63. The van der Waals surface area contributed by atoms with Crippen LogP contribution in [0.1, 0.15) is 39.1 Å². The van der Waals surface area contributed by atoms with Crippen molar-refractivity contribution in [3.8, 4) is 0 Å². The Balaban J connectivity index is 1.88. The second-order valence-corrected chi connectivity index (χ2v) is 6.68. The van der Waals surface area contributed by atoms with Gasteiger partial charge in [-0.2, -0.15) is 0 Å². The van der Waals surface area contributed by atoms with Gasteiger partial charge in [0, 0.05) is 6.42 Å². The van der Waals surface area contributed by atoms with E-state index in [4.69, 9.17) is 4.74 Å². The topological polar surface area (TPSA) is 78.4 Å². The van der Waals surface area contributed by atoms with Crippen LogP contribution >= 0.6 is 0 Å². The number of aliphatic hydroxyl groups excluding tert-OH is 1. The number of amides is 1. The Hall–Kier alpha value is -2.08. The number of nitrogens with one attached hydrogen (secondary N) is 1. The Bertz CT molecular complexity index is 656. The SMILES string of the molecule is CC(C)(C)OC(=O)N1C[C@H](O)C[C@H]1c1nc2ccccc2[nH]1. The summed E-state index contributed by atoms with van der Waals surface area (Å²) in [6, 6.07) is 7.41. The van der Waals surface area contributed by atoms with Gasteiger partial charge in [0.25, 0.3) is 0 Å². The maximum Gasteiger partial charge on any atom is 0.411 e. The Kier molecular flexibility index (Phi) is 3.56. The predicted molar refractivity (Wildman–Crippen MR) is 82.4 cm³/mol. The van der Waals surface area contributed by atoms with Crippen molar-refractivity contribution in [2.75, 3.05) is 6.54 Å². The summed E-state index contributed by atoms with van der Waals surface area (Å²) in [5.41, 5.74) is 1.20. The molecule has 3 rings (SSSR count). The quantitative estimate of drug-likeness (QED) is 0.849. The molecule has 6 nitrogen and oxygen atoms in total. The number of rotatable bonds is 1. The van der Waals surface area contributed by atoms with Crippen molar-refractivity contribution in [3.05, 3.63) is 30.1 Å². The van der Waals surface area contributed by atoms with E-state index in [0.717, 1.165) is 11.0 Å². The summed E-state index contributed by atoms with van der Waals surface area (Å²) >= 11 is 0. The van der Waals surface area contributed by atoms with E-state index in [2.05, 4.69) is 9.97 Å². The normalized spacial score (nSPS) is 22.3. The third-order valence-electron chi connectivity index (χ3n) is 3.63. The molecule has 1 fully saturated rings. The van der Waals surface area contributed by atoms with Crippen LogP contribution in [0.2, 0.25) is 0 Å². The molecule has 1 aromatic heterocycles. The highest BCUT2D eigenvalue weighted by Gasteiger charge is 2.39. The van der Waals surface area contributed by atoms with Gasteiger partial charge in [0.15, 0.2) is 0 Å². The molecule has 22 heavy (non-hydrogen) atoms. The van der Waals surface area contributed by atoms with Crippen LogP contribution in [-0.2, 0) is 4.74 Å². The summed E-state index contributed by atoms with van der Waals surface area (Å²) in [6.07, 6.45) is -0.528. The van der Waals surface area contributed by atoms with Gasteiger partial charge in [-0.1, -0.05) is 12.1 Å². The molecule has 6 heteroatoms. The number of imidazole rings is 1. The molecule has 2 atom stereocenters. The first-order valence-electron chi connectivity index (χ1n) is 7.46. The summed E-state index contributed by atoms with van der Waals surface area (Å²) in [5, 5.41) is 9.96. The van der Waals surface area contributed by atoms with Crippen LogP contribution in [0.25, 0.3) is 11.0 Å². The standard InChI is InChI=1S/C16H21N3O3/c1-16(2,3)22-15(21)19-9-10(20)8-13(19)14-17-11-6-4-5-7-12(11)18-14/h4-7,10,13,20H,8-9H2,1-3H3,(H,17,18)/t10-,13+/m1/s1. The van der Waals surface area contributed by atoms with Crippen LogP contribution in [0.5, 0.6) is 0 Å². The number of hydrogen-bond acceptors (Lipinski definition) is 4. The van der Waals surface area contributed by atoms with Gasteiger partial charge in [-0.3, -0.25) is 4.90 Å². The number of ether oxygens (including phenoxy) is 1. The van der Waals surface area contributed by atoms with Crippen molar-refractivity contribution in [3.63, 3.8) is 0 Å². The molecule has 1 saturated heterocycles. The Labute approximate surface area is 129 Å². The van der Waals surface area contributed by atoms with Crippen molar-refractivity contribution < 1.29 is 14.6 Å². The molecule has 1 aliphatic heterocycles. The van der Waals surface area contributed by atoms with Crippen LogP contribution < -0.4 is 0 Å². The number of aromatic nitrogens is 2. The molecule has 0 spiro atoms. The van der Waals surface area contributed by atoms with E-state index < -0.39 is 17.8 Å². The average Bonchev–Trinajstić information content (AvgIpc) is 2.99. The number of likely N-dealkylation sites (tertiary alicyclic amines) is 1. The van der Waals surface area contributed by atoms with E-state index in [1.165, 1.54) is 0 Å². The Morgan fingerprint density at radius 2 is 2.14 bits per heavy atom. The fourth-order valence-corrected chi connectivity index (χ4v) is 2.73. The van der Waals surface area contributed by atoms with Crippen molar-refractivity contribution in [1.29, 1.82) is 0 Å². The summed E-state index contributed by atoms with van der Waals surface area (Å²) in [6.45, 7) is 5.74. The van der Waals surface area contributed by atoms with Crippen molar-refractivity contribution in [2.24, 2.45) is 0 Å². The van der Waals surface area contributed by atoms with Gasteiger partial charge >= 0.3 is 6.09 Å². The number of aliphatic hydroxyl groups is 1. The molecule has 0 radical (unpaired) electrons. The predicted octanol–water partition coefficient (Wildman–Crippen LogP) is 2.61. The molecule has 118 valence electrons. The minimum absolute atomic E-state index is 0.261. The lowest BCUT2D eigenvalue weighted by molar-refractivity contribution is 0.0201. The second kappa shape index (κ2) is 5.28. The van der Waals surface area contributed by atoms with Gasteiger partial charge in [-0.25, -0.2) is 9.78 Å². The molecule has 0 aliphatic carbocycles. The number of nitrogens with zero attached hydrogens (tertiary/aromatic N) is 2. The van der Waals surface area contributed by atoms with Gasteiger partial charge < -0.3 is 14.8 Å². The highest BCUT2D eigenvalue weighted by molar-refractivity contribution is 5.75. The minimum atomic E-state index is -0.566. The summed E-state index contributed by atoms with van der Waals surface area (Å²) in [4.78, 5) is 21.7. The van der Waals surface area contributed by atoms with Crippen LogP contribution in [0, 0.1) is 0 Å². The Morgan fingerprint density at radius 3 is 2.82 bits per heavy atom. The van der Waals surface area contributed by atoms with E-state index >= 15 is 0 Å². The van der Waals surface area contributed by atoms with Crippen LogP contribution in [0.15, 0.2) is 24.3 Å². The molecule has 0 bridgehead atoms. The number of H-pyrrole nitrogens is 1. The van der Waals surface area contributed by atoms with Gasteiger partial charge in [0.1, 0.15) is 11.4 Å². The molecule has 2 heterocycles. The molecule has 0 saturated carbocycles. The van der Waals surface area contributed by atoms with Crippen molar-refractivity contribution in [1.82, 2.24) is 14.9 Å². The zero-order valence-electron chi connectivity index (χ0n) is 13.0. The van der Waals surface area contributed by atoms with Gasteiger partial charge in [0.2, 0.25) is 0 Å². The maximum absolute atomic E-state index is 12.4. The van der Waals surface area contributed by atoms with Crippen LogP contribution in [-0.4, -0.2) is 44.3 Å². The Morgan fingerprint density at radius 1 is 1.41 bits per heavy atom. The number of para-hydroxylation sites is 2. The van der Waals surface area contributed by atoms with E-state index in [1.807, 2.05) is 45.0 Å². The summed E-state index contributed by atoms with van der Waals surface area (Å²) < 4.78 is 5.43. The van der Waals surface area contributed by atoms with E-state index in [1.54, 1.807) is 4.90 Å². The molecule has 1 aromatic carbocycles. The smallest absolute Gasteiger partial charge is 0.411 e. The first-order chi connectivity index (χ1) is 10.3. The lowest BCUT2D eigenvalue weighted by Crippen LogP contribution is -2.37. The summed E-state index contributed by atoms with van der Waals surface area (Å²) in [7, 11) is 0. The highest BCUT2D eigenvalue weighted by atomic mass is 16.6. The minimum Gasteiger partial charge on any atom is -0.444 e. The first-order valence-corrected chi connectivity index (χ1v) is 7.46. The maximum atomic E-state index is 12.4. The third kappa shape index (κ3) is 2.92. The average molecular weight is 303 g/mol. The van der Waals surface area contributed by atoms with E-state index in [-0.39, 0.29) is 12.6 Å². The van der Waals surface area contributed by atoms with Crippen LogP contribution in [0.3, 0.4) is 0 Å². The summed E-state index contributed by atoms with van der Waals surface area (Å²) in [5.74, 6) is 0.684. The molecule has 2 N–H and O–H groups in total. The zero-order chi connectivity index (χ0) is 15.9. The number of aromatic amines is 1. The fraction of sp³-hybridized carbons (Fsp3) is 0.500. The van der Waals surface area contributed by atoms with Crippen molar-refractivity contribution in [2.45, 2.75) is 44.9 Å². The molecular weight excluding hydrogens is 282 g/mol. The van der Waals surface area contributed by atoms with Gasteiger partial charge in [-0.15, -0.1) is 0 Å². The van der Waals surface area contributed by atoms with Gasteiger partial charge in [-0.05, 0) is 32.9 Å². The number of β-amino-alcohol motifs (C(OH)–C–C–N with tert-alkyl or cyclic N) is 1. The molecule has 1 amide bonds. The number of carbonyl (C=O) groups excluding carboxylic acids is 1. The number of benzene rings is 1. The second-order valence-electron chi connectivity index (χ2n) is 6.68.